The Bertz CT molecular complexity index is 1020. The molecular weight excluding hydrogens is 374 g/mol. The van der Waals surface area contributed by atoms with Gasteiger partial charge in [0.05, 0.1) is 29.2 Å². The standard InChI is InChI=1S/C20H17F4N3O/c21-16-9-14(8-15(10-16)20(22,23)24)13-3-6-26(7-4-13)19(28)17-2-1-5-27-12-25-11-18(17)27/h1-2,5,8-13H,3-4,6-7H2. The zero-order chi connectivity index (χ0) is 19.9. The van der Waals surface area contributed by atoms with Crippen molar-refractivity contribution in [2.75, 3.05) is 13.1 Å². The summed E-state index contributed by atoms with van der Waals surface area (Å²) < 4.78 is 54.3. The fraction of sp³-hybridized carbons (Fsp3) is 0.300. The molecular formula is C20H17F4N3O. The number of likely N-dealkylation sites (tertiary alicyclic amines) is 1. The molecule has 1 fully saturated rings. The number of nitrogens with zero attached hydrogens (tertiary/aromatic N) is 3. The maximum Gasteiger partial charge on any atom is 0.416 e. The summed E-state index contributed by atoms with van der Waals surface area (Å²) in [6.45, 7) is 0.799. The first-order valence-electron chi connectivity index (χ1n) is 8.90. The van der Waals surface area contributed by atoms with Crippen LogP contribution in [0.3, 0.4) is 0 Å². The Hall–Kier alpha value is -2.90. The number of imidazole rings is 1. The maximum atomic E-state index is 13.7. The molecule has 3 heterocycles. The van der Waals surface area contributed by atoms with E-state index in [2.05, 4.69) is 4.98 Å². The van der Waals surface area contributed by atoms with E-state index in [4.69, 9.17) is 0 Å². The average Bonchev–Trinajstić information content (AvgIpc) is 3.15. The number of hydrogen-bond donors (Lipinski definition) is 0. The van der Waals surface area contributed by atoms with Gasteiger partial charge in [-0.05, 0) is 54.7 Å². The van der Waals surface area contributed by atoms with E-state index in [-0.39, 0.29) is 11.8 Å². The van der Waals surface area contributed by atoms with Crippen LogP contribution in [0.4, 0.5) is 17.6 Å². The normalized spacial score (nSPS) is 15.9. The molecule has 4 nitrogen and oxygen atoms in total. The van der Waals surface area contributed by atoms with Crippen molar-refractivity contribution in [3.05, 3.63) is 71.6 Å². The van der Waals surface area contributed by atoms with Crippen LogP contribution >= 0.6 is 0 Å². The van der Waals surface area contributed by atoms with Crippen LogP contribution in [-0.4, -0.2) is 33.3 Å². The molecule has 1 aliphatic heterocycles. The minimum atomic E-state index is -4.59. The lowest BCUT2D eigenvalue weighted by Crippen LogP contribution is -2.38. The minimum Gasteiger partial charge on any atom is -0.339 e. The zero-order valence-corrected chi connectivity index (χ0v) is 14.8. The first kappa shape index (κ1) is 18.5. The number of carbonyl (C=O) groups is 1. The van der Waals surface area contributed by atoms with Crippen molar-refractivity contribution in [3.8, 4) is 0 Å². The molecule has 1 saturated heterocycles. The summed E-state index contributed by atoms with van der Waals surface area (Å²) >= 11 is 0. The molecule has 0 radical (unpaired) electrons. The van der Waals surface area contributed by atoms with E-state index in [0.29, 0.717) is 48.6 Å². The highest BCUT2D eigenvalue weighted by Gasteiger charge is 2.33. The SMILES string of the molecule is O=C(c1cccn2cncc12)N1CCC(c2cc(F)cc(C(F)(F)F)c2)CC1. The largest absolute Gasteiger partial charge is 0.416 e. The number of pyridine rings is 1. The molecule has 0 unspecified atom stereocenters. The van der Waals surface area contributed by atoms with Gasteiger partial charge in [-0.2, -0.15) is 13.2 Å². The predicted octanol–water partition coefficient (Wildman–Crippen LogP) is 4.51. The van der Waals surface area contributed by atoms with Crippen molar-refractivity contribution < 1.29 is 22.4 Å². The number of aromatic nitrogens is 2. The van der Waals surface area contributed by atoms with Gasteiger partial charge < -0.3 is 9.30 Å². The Labute approximate surface area is 158 Å². The summed E-state index contributed by atoms with van der Waals surface area (Å²) in [6, 6.07) is 6.17. The second kappa shape index (κ2) is 6.92. The molecule has 8 heteroatoms. The number of benzene rings is 1. The molecule has 28 heavy (non-hydrogen) atoms. The molecule has 0 saturated carbocycles. The summed E-state index contributed by atoms with van der Waals surface area (Å²) in [6.07, 6.45) is 1.40. The van der Waals surface area contributed by atoms with Crippen molar-refractivity contribution in [1.29, 1.82) is 0 Å². The predicted molar refractivity (Wildman–Crippen MR) is 94.5 cm³/mol. The van der Waals surface area contributed by atoms with Crippen LogP contribution in [-0.2, 0) is 6.18 Å². The first-order valence-corrected chi connectivity index (χ1v) is 8.90. The number of fused-ring (bicyclic) bond motifs is 1. The molecule has 2 aromatic heterocycles. The maximum absolute atomic E-state index is 13.7. The topological polar surface area (TPSA) is 37.6 Å². The number of amides is 1. The Morgan fingerprint density at radius 3 is 2.61 bits per heavy atom. The van der Waals surface area contributed by atoms with Crippen molar-refractivity contribution in [2.45, 2.75) is 24.9 Å². The molecule has 1 aliphatic rings. The molecule has 0 aliphatic carbocycles. The fourth-order valence-corrected chi connectivity index (χ4v) is 3.73. The van der Waals surface area contributed by atoms with Crippen LogP contribution in [0.1, 0.15) is 40.2 Å². The zero-order valence-electron chi connectivity index (χ0n) is 14.8. The number of alkyl halides is 3. The van der Waals surface area contributed by atoms with Crippen molar-refractivity contribution in [2.24, 2.45) is 0 Å². The van der Waals surface area contributed by atoms with Crippen molar-refractivity contribution in [3.63, 3.8) is 0 Å². The summed E-state index contributed by atoms with van der Waals surface area (Å²) in [7, 11) is 0. The van der Waals surface area contributed by atoms with Gasteiger partial charge >= 0.3 is 6.18 Å². The lowest BCUT2D eigenvalue weighted by Gasteiger charge is -2.32. The lowest BCUT2D eigenvalue weighted by molar-refractivity contribution is -0.137. The molecule has 1 aromatic carbocycles. The average molecular weight is 391 g/mol. The number of halogens is 4. The molecule has 0 atom stereocenters. The van der Waals surface area contributed by atoms with E-state index in [0.717, 1.165) is 12.1 Å². The monoisotopic (exact) mass is 391 g/mol. The highest BCUT2D eigenvalue weighted by atomic mass is 19.4. The summed E-state index contributed by atoms with van der Waals surface area (Å²) in [5.74, 6) is -1.25. The molecule has 0 spiro atoms. The van der Waals surface area contributed by atoms with Crippen LogP contribution < -0.4 is 0 Å². The van der Waals surface area contributed by atoms with Crippen LogP contribution in [0.25, 0.3) is 5.52 Å². The smallest absolute Gasteiger partial charge is 0.339 e. The van der Waals surface area contributed by atoms with Gasteiger partial charge in [0, 0.05) is 19.3 Å². The third-order valence-corrected chi connectivity index (χ3v) is 5.18. The Morgan fingerprint density at radius 1 is 1.14 bits per heavy atom. The second-order valence-corrected chi connectivity index (χ2v) is 6.95. The van der Waals surface area contributed by atoms with Gasteiger partial charge in [0.15, 0.2) is 0 Å². The summed E-state index contributed by atoms with van der Waals surface area (Å²) in [4.78, 5) is 18.6. The minimum absolute atomic E-state index is 0.139. The molecule has 4 rings (SSSR count). The third-order valence-electron chi connectivity index (χ3n) is 5.18. The molecule has 3 aromatic rings. The Morgan fingerprint density at radius 2 is 1.89 bits per heavy atom. The van der Waals surface area contributed by atoms with Crippen LogP contribution in [0.2, 0.25) is 0 Å². The molecule has 0 N–H and O–H groups in total. The highest BCUT2D eigenvalue weighted by Crippen LogP contribution is 2.35. The van der Waals surface area contributed by atoms with Gasteiger partial charge in [-0.15, -0.1) is 0 Å². The van der Waals surface area contributed by atoms with Crippen LogP contribution in [0.5, 0.6) is 0 Å². The van der Waals surface area contributed by atoms with E-state index >= 15 is 0 Å². The van der Waals surface area contributed by atoms with Crippen LogP contribution in [0.15, 0.2) is 49.1 Å². The van der Waals surface area contributed by atoms with Crippen LogP contribution in [0, 0.1) is 5.82 Å². The number of piperidine rings is 1. The molecule has 1 amide bonds. The second-order valence-electron chi connectivity index (χ2n) is 6.95. The lowest BCUT2D eigenvalue weighted by atomic mass is 9.88. The van der Waals surface area contributed by atoms with E-state index in [1.54, 1.807) is 40.2 Å². The van der Waals surface area contributed by atoms with Gasteiger partial charge in [-0.3, -0.25) is 4.79 Å². The quantitative estimate of drug-likeness (QED) is 0.603. The molecule has 146 valence electrons. The van der Waals surface area contributed by atoms with Gasteiger partial charge in [0.1, 0.15) is 5.82 Å². The van der Waals surface area contributed by atoms with E-state index in [9.17, 15) is 22.4 Å². The molecule has 0 bridgehead atoms. The summed E-state index contributed by atoms with van der Waals surface area (Å²) in [5, 5.41) is 0. The van der Waals surface area contributed by atoms with Gasteiger partial charge in [-0.25, -0.2) is 9.37 Å². The summed E-state index contributed by atoms with van der Waals surface area (Å²) in [5.41, 5.74) is 0.587. The fourth-order valence-electron chi connectivity index (χ4n) is 3.73. The Balaban J connectivity index is 1.50. The third kappa shape index (κ3) is 3.46. The van der Waals surface area contributed by atoms with E-state index < -0.39 is 17.6 Å². The number of hydrogen-bond acceptors (Lipinski definition) is 2. The van der Waals surface area contributed by atoms with E-state index in [1.165, 1.54) is 0 Å². The van der Waals surface area contributed by atoms with E-state index in [1.807, 2.05) is 0 Å². The van der Waals surface area contributed by atoms with Crippen molar-refractivity contribution >= 4 is 11.4 Å². The Kier molecular flexibility index (Phi) is 4.56. The number of carbonyl (C=O) groups excluding carboxylic acids is 1. The highest BCUT2D eigenvalue weighted by molar-refractivity contribution is 6.00. The van der Waals surface area contributed by atoms with Gasteiger partial charge in [-0.1, -0.05) is 0 Å². The van der Waals surface area contributed by atoms with Gasteiger partial charge in [0.25, 0.3) is 5.91 Å². The number of rotatable bonds is 2. The van der Waals surface area contributed by atoms with Crippen molar-refractivity contribution in [1.82, 2.24) is 14.3 Å². The van der Waals surface area contributed by atoms with Gasteiger partial charge in [0.2, 0.25) is 0 Å². The first-order chi connectivity index (χ1) is 13.3.